The standard InChI is InChI=1S/C25H29N3O2S2/c1-2-3-7-18-11-13-19(14-12-18)26-23(29)17-32-24-21-9-4-5-10-22(21)28(25(30)27-24)16-20-8-6-15-31-20/h6,8,11-15H,2-5,7,9-10,16-17H2,1H3,(H,26,29). The molecule has 0 atom stereocenters. The summed E-state index contributed by atoms with van der Waals surface area (Å²) in [6.07, 6.45) is 7.39. The van der Waals surface area contributed by atoms with Gasteiger partial charge in [0.2, 0.25) is 5.91 Å². The first-order valence-electron chi connectivity index (χ1n) is 11.3. The van der Waals surface area contributed by atoms with Crippen LogP contribution in [0.4, 0.5) is 5.69 Å². The smallest absolute Gasteiger partial charge is 0.325 e. The highest BCUT2D eigenvalue weighted by Gasteiger charge is 2.21. The van der Waals surface area contributed by atoms with Crippen LogP contribution in [0.1, 0.15) is 54.3 Å². The minimum Gasteiger partial charge on any atom is -0.325 e. The average Bonchev–Trinajstić information content (AvgIpc) is 3.32. The zero-order valence-electron chi connectivity index (χ0n) is 18.4. The summed E-state index contributed by atoms with van der Waals surface area (Å²) in [5.41, 5.74) is 4.11. The number of unbranched alkanes of at least 4 members (excludes halogenated alkanes) is 1. The molecule has 0 spiro atoms. The summed E-state index contributed by atoms with van der Waals surface area (Å²) in [6, 6.07) is 12.1. The zero-order chi connectivity index (χ0) is 22.3. The molecule has 0 saturated heterocycles. The Morgan fingerprint density at radius 1 is 1.19 bits per heavy atom. The molecule has 0 bridgehead atoms. The highest BCUT2D eigenvalue weighted by Crippen LogP contribution is 2.29. The van der Waals surface area contributed by atoms with Crippen LogP contribution >= 0.6 is 23.1 Å². The highest BCUT2D eigenvalue weighted by atomic mass is 32.2. The Morgan fingerprint density at radius 2 is 2.00 bits per heavy atom. The van der Waals surface area contributed by atoms with Gasteiger partial charge in [-0.2, -0.15) is 4.98 Å². The number of carbonyl (C=O) groups is 1. The number of thioether (sulfide) groups is 1. The highest BCUT2D eigenvalue weighted by molar-refractivity contribution is 8.00. The van der Waals surface area contributed by atoms with Crippen molar-refractivity contribution in [1.29, 1.82) is 0 Å². The Balaban J connectivity index is 1.43. The summed E-state index contributed by atoms with van der Waals surface area (Å²) >= 11 is 3.03. The maximum Gasteiger partial charge on any atom is 0.349 e. The molecule has 1 amide bonds. The largest absolute Gasteiger partial charge is 0.349 e. The van der Waals surface area contributed by atoms with E-state index in [1.807, 2.05) is 28.1 Å². The number of anilines is 1. The first-order valence-corrected chi connectivity index (χ1v) is 13.2. The number of thiophene rings is 1. The number of nitrogens with one attached hydrogen (secondary N) is 1. The molecule has 0 aliphatic heterocycles. The quantitative estimate of drug-likeness (QED) is 0.342. The number of rotatable bonds is 9. The average molecular weight is 468 g/mol. The van der Waals surface area contributed by atoms with Crippen molar-refractivity contribution in [1.82, 2.24) is 9.55 Å². The maximum absolute atomic E-state index is 12.8. The van der Waals surface area contributed by atoms with Gasteiger partial charge in [0, 0.05) is 21.8 Å². The van der Waals surface area contributed by atoms with Crippen LogP contribution in [-0.2, 0) is 30.6 Å². The van der Waals surface area contributed by atoms with E-state index in [1.54, 1.807) is 11.3 Å². The number of nitrogens with zero attached hydrogens (tertiary/aromatic N) is 2. The molecule has 0 radical (unpaired) electrons. The van der Waals surface area contributed by atoms with Gasteiger partial charge in [-0.3, -0.25) is 9.36 Å². The summed E-state index contributed by atoms with van der Waals surface area (Å²) < 4.78 is 1.82. The summed E-state index contributed by atoms with van der Waals surface area (Å²) in [5, 5.41) is 5.71. The number of carbonyl (C=O) groups excluding carboxylic acids is 1. The second kappa shape index (κ2) is 11.0. The molecular formula is C25H29N3O2S2. The van der Waals surface area contributed by atoms with Crippen LogP contribution in [0.3, 0.4) is 0 Å². The molecule has 4 rings (SSSR count). The van der Waals surface area contributed by atoms with E-state index in [0.717, 1.165) is 59.0 Å². The minimum absolute atomic E-state index is 0.0783. The van der Waals surface area contributed by atoms with Crippen LogP contribution < -0.4 is 11.0 Å². The Hall–Kier alpha value is -2.38. The lowest BCUT2D eigenvalue weighted by molar-refractivity contribution is -0.113. The number of hydrogen-bond acceptors (Lipinski definition) is 5. The lowest BCUT2D eigenvalue weighted by atomic mass is 9.97. The monoisotopic (exact) mass is 467 g/mol. The van der Waals surface area contributed by atoms with Crippen LogP contribution in [0, 0.1) is 0 Å². The number of hydrogen-bond donors (Lipinski definition) is 1. The Kier molecular flexibility index (Phi) is 7.81. The molecule has 0 unspecified atom stereocenters. The first-order chi connectivity index (χ1) is 15.6. The van der Waals surface area contributed by atoms with Crippen LogP contribution in [0.15, 0.2) is 51.6 Å². The second-order valence-corrected chi connectivity index (χ2v) is 10.1. The van der Waals surface area contributed by atoms with Crippen molar-refractivity contribution >= 4 is 34.7 Å². The third-order valence-corrected chi connectivity index (χ3v) is 7.62. The molecule has 5 nitrogen and oxygen atoms in total. The van der Waals surface area contributed by atoms with Crippen LogP contribution in [-0.4, -0.2) is 21.2 Å². The number of aryl methyl sites for hydroxylation is 1. The predicted molar refractivity (Wildman–Crippen MR) is 133 cm³/mol. The summed E-state index contributed by atoms with van der Waals surface area (Å²) in [7, 11) is 0. The molecule has 2 heterocycles. The SMILES string of the molecule is CCCCc1ccc(NC(=O)CSc2nc(=O)n(Cc3cccs3)c3c2CCCC3)cc1. The van der Waals surface area contributed by atoms with Gasteiger partial charge in [0.05, 0.1) is 12.3 Å². The zero-order valence-corrected chi connectivity index (χ0v) is 20.1. The number of amides is 1. The fourth-order valence-corrected chi connectivity index (χ4v) is 5.62. The van der Waals surface area contributed by atoms with E-state index in [0.29, 0.717) is 6.54 Å². The lowest BCUT2D eigenvalue weighted by Crippen LogP contribution is -2.30. The van der Waals surface area contributed by atoms with E-state index in [4.69, 9.17) is 0 Å². The molecular weight excluding hydrogens is 438 g/mol. The molecule has 3 aromatic rings. The maximum atomic E-state index is 12.8. The fourth-order valence-electron chi connectivity index (χ4n) is 4.06. The van der Waals surface area contributed by atoms with Gasteiger partial charge in [-0.15, -0.1) is 11.3 Å². The molecule has 32 heavy (non-hydrogen) atoms. The van der Waals surface area contributed by atoms with Gasteiger partial charge >= 0.3 is 5.69 Å². The van der Waals surface area contributed by atoms with E-state index in [2.05, 4.69) is 35.4 Å². The molecule has 2 aromatic heterocycles. The molecule has 1 aliphatic carbocycles. The van der Waals surface area contributed by atoms with Gasteiger partial charge in [-0.05, 0) is 67.7 Å². The summed E-state index contributed by atoms with van der Waals surface area (Å²) in [6.45, 7) is 2.76. The number of aromatic nitrogens is 2. The minimum atomic E-state index is -0.218. The van der Waals surface area contributed by atoms with Crippen LogP contribution in [0.25, 0.3) is 0 Å². The van der Waals surface area contributed by atoms with Crippen LogP contribution in [0.2, 0.25) is 0 Å². The van der Waals surface area contributed by atoms with Crippen LogP contribution in [0.5, 0.6) is 0 Å². The van der Waals surface area contributed by atoms with Crippen molar-refractivity contribution in [3.8, 4) is 0 Å². The third kappa shape index (κ3) is 5.70. The molecule has 1 aromatic carbocycles. The molecule has 1 aliphatic rings. The topological polar surface area (TPSA) is 64.0 Å². The lowest BCUT2D eigenvalue weighted by Gasteiger charge is -2.22. The normalized spacial score (nSPS) is 13.0. The number of fused-ring (bicyclic) bond motifs is 1. The van der Waals surface area contributed by atoms with E-state index in [1.165, 1.54) is 30.2 Å². The second-order valence-electron chi connectivity index (χ2n) is 8.13. The molecule has 7 heteroatoms. The fraction of sp³-hybridized carbons (Fsp3) is 0.400. The van der Waals surface area contributed by atoms with Gasteiger partial charge in [-0.1, -0.05) is 43.3 Å². The van der Waals surface area contributed by atoms with Crippen molar-refractivity contribution in [2.45, 2.75) is 63.4 Å². The van der Waals surface area contributed by atoms with E-state index >= 15 is 0 Å². The Labute approximate surface area is 197 Å². The van der Waals surface area contributed by atoms with Crippen molar-refractivity contribution in [2.75, 3.05) is 11.1 Å². The van der Waals surface area contributed by atoms with Crippen molar-refractivity contribution in [3.63, 3.8) is 0 Å². The van der Waals surface area contributed by atoms with Gasteiger partial charge in [0.15, 0.2) is 0 Å². The van der Waals surface area contributed by atoms with Gasteiger partial charge in [0.25, 0.3) is 0 Å². The van der Waals surface area contributed by atoms with Gasteiger partial charge in [-0.25, -0.2) is 4.79 Å². The number of benzene rings is 1. The van der Waals surface area contributed by atoms with Crippen molar-refractivity contribution < 1.29 is 4.79 Å². The van der Waals surface area contributed by atoms with Crippen molar-refractivity contribution in [2.24, 2.45) is 0 Å². The molecule has 0 fully saturated rings. The molecule has 0 saturated carbocycles. The summed E-state index contributed by atoms with van der Waals surface area (Å²) in [4.78, 5) is 30.9. The van der Waals surface area contributed by atoms with E-state index in [-0.39, 0.29) is 17.3 Å². The van der Waals surface area contributed by atoms with Crippen molar-refractivity contribution in [3.05, 3.63) is 74.0 Å². The van der Waals surface area contributed by atoms with E-state index in [9.17, 15) is 9.59 Å². The van der Waals surface area contributed by atoms with E-state index < -0.39 is 0 Å². The Bertz CT molecular complexity index is 1110. The first kappa shape index (κ1) is 22.8. The van der Waals surface area contributed by atoms with Gasteiger partial charge < -0.3 is 5.32 Å². The molecule has 1 N–H and O–H groups in total. The Morgan fingerprint density at radius 3 is 2.75 bits per heavy atom. The molecule has 168 valence electrons. The predicted octanol–water partition coefficient (Wildman–Crippen LogP) is 5.31. The third-order valence-electron chi connectivity index (χ3n) is 5.74. The van der Waals surface area contributed by atoms with Gasteiger partial charge in [0.1, 0.15) is 5.03 Å². The summed E-state index contributed by atoms with van der Waals surface area (Å²) in [5.74, 6) is 0.163.